The van der Waals surface area contributed by atoms with E-state index in [9.17, 15) is 8.42 Å². The lowest BCUT2D eigenvalue weighted by Gasteiger charge is -2.28. The molecular weight excluding hydrogens is 337 g/mol. The molecule has 1 atom stereocenters. The summed E-state index contributed by atoms with van der Waals surface area (Å²) in [5.41, 5.74) is 0. The van der Waals surface area contributed by atoms with E-state index in [1.807, 2.05) is 12.1 Å². The highest BCUT2D eigenvalue weighted by molar-refractivity contribution is 7.89. The summed E-state index contributed by atoms with van der Waals surface area (Å²) in [7, 11) is -3.66. The number of sulfonamides is 1. The van der Waals surface area contributed by atoms with Gasteiger partial charge in [-0.25, -0.2) is 8.42 Å². The Bertz CT molecular complexity index is 710. The number of benzene rings is 2. The standard InChI is InChI=1S/C19H24NO2PS/c1-2-24(21,22)20-15-9-10-17(20)16-23(18-11-5-3-6-12-18)19-13-7-4-8-14-19/h3-8,11-14,17H,2,9-10,15-16H2,1H3/t17-/m0/s1. The molecule has 0 radical (unpaired) electrons. The zero-order chi connectivity index (χ0) is 17.0. The minimum Gasteiger partial charge on any atom is -0.212 e. The van der Waals surface area contributed by atoms with Gasteiger partial charge in [0.25, 0.3) is 0 Å². The maximum absolute atomic E-state index is 12.4. The number of rotatable bonds is 6. The van der Waals surface area contributed by atoms with Crippen LogP contribution in [0.25, 0.3) is 0 Å². The summed E-state index contributed by atoms with van der Waals surface area (Å²) in [6, 6.07) is 21.2. The molecule has 0 bridgehead atoms. The van der Waals surface area contributed by atoms with Gasteiger partial charge in [0.1, 0.15) is 0 Å². The number of hydrogen-bond acceptors (Lipinski definition) is 2. The molecule has 0 unspecified atom stereocenters. The molecule has 1 saturated heterocycles. The monoisotopic (exact) mass is 361 g/mol. The molecule has 128 valence electrons. The van der Waals surface area contributed by atoms with Crippen molar-refractivity contribution >= 4 is 28.6 Å². The molecular formula is C19H24NO2PS. The molecule has 0 aromatic heterocycles. The lowest BCUT2D eigenvalue weighted by molar-refractivity contribution is 0.412. The van der Waals surface area contributed by atoms with Gasteiger partial charge >= 0.3 is 0 Å². The van der Waals surface area contributed by atoms with E-state index < -0.39 is 17.9 Å². The Kier molecular flexibility index (Phi) is 5.70. The van der Waals surface area contributed by atoms with Crippen molar-refractivity contribution < 1.29 is 8.42 Å². The summed E-state index contributed by atoms with van der Waals surface area (Å²) in [6.07, 6.45) is 2.84. The van der Waals surface area contributed by atoms with Crippen molar-refractivity contribution in [2.75, 3.05) is 18.5 Å². The van der Waals surface area contributed by atoms with Crippen molar-refractivity contribution in [1.29, 1.82) is 0 Å². The van der Waals surface area contributed by atoms with Gasteiger partial charge in [0.05, 0.1) is 5.75 Å². The van der Waals surface area contributed by atoms with Crippen molar-refractivity contribution in [3.63, 3.8) is 0 Å². The summed E-state index contributed by atoms with van der Waals surface area (Å²) in [5.74, 6) is 0.193. The van der Waals surface area contributed by atoms with Crippen LogP contribution in [-0.4, -0.2) is 37.2 Å². The van der Waals surface area contributed by atoms with Gasteiger partial charge in [-0.2, -0.15) is 4.31 Å². The molecule has 0 saturated carbocycles. The van der Waals surface area contributed by atoms with E-state index >= 15 is 0 Å². The number of nitrogens with zero attached hydrogens (tertiary/aromatic N) is 1. The van der Waals surface area contributed by atoms with E-state index in [1.165, 1.54) is 10.6 Å². The maximum Gasteiger partial charge on any atom is 0.214 e. The van der Waals surface area contributed by atoms with Crippen LogP contribution >= 0.6 is 7.92 Å². The van der Waals surface area contributed by atoms with Crippen LogP contribution < -0.4 is 10.6 Å². The van der Waals surface area contributed by atoms with Gasteiger partial charge in [0, 0.05) is 12.6 Å². The second-order valence-corrected chi connectivity index (χ2v) is 10.6. The van der Waals surface area contributed by atoms with Gasteiger partial charge < -0.3 is 0 Å². The largest absolute Gasteiger partial charge is 0.214 e. The average Bonchev–Trinajstić information content (AvgIpc) is 3.10. The van der Waals surface area contributed by atoms with Gasteiger partial charge in [-0.3, -0.25) is 0 Å². The Hall–Kier alpha value is -1.22. The third kappa shape index (κ3) is 3.88. The van der Waals surface area contributed by atoms with Gasteiger partial charge in [-0.05, 0) is 44.5 Å². The smallest absolute Gasteiger partial charge is 0.212 e. The summed E-state index contributed by atoms with van der Waals surface area (Å²) in [5, 5.41) is 2.64. The highest BCUT2D eigenvalue weighted by Crippen LogP contribution is 2.38. The topological polar surface area (TPSA) is 37.4 Å². The first-order valence-electron chi connectivity index (χ1n) is 8.49. The quantitative estimate of drug-likeness (QED) is 0.742. The molecule has 5 heteroatoms. The first-order chi connectivity index (χ1) is 11.6. The molecule has 1 aliphatic heterocycles. The normalized spacial score (nSPS) is 19.0. The van der Waals surface area contributed by atoms with Crippen LogP contribution in [0.15, 0.2) is 60.7 Å². The van der Waals surface area contributed by atoms with Crippen LogP contribution in [0.4, 0.5) is 0 Å². The fraction of sp³-hybridized carbons (Fsp3) is 0.368. The zero-order valence-corrected chi connectivity index (χ0v) is 15.7. The van der Waals surface area contributed by atoms with Crippen molar-refractivity contribution in [2.45, 2.75) is 25.8 Å². The predicted octanol–water partition coefficient (Wildman–Crippen LogP) is 2.93. The fourth-order valence-electron chi connectivity index (χ4n) is 3.31. The first-order valence-corrected chi connectivity index (χ1v) is 11.6. The molecule has 3 rings (SSSR count). The molecule has 0 spiro atoms. The molecule has 0 aliphatic carbocycles. The van der Waals surface area contributed by atoms with Gasteiger partial charge in [0.2, 0.25) is 10.0 Å². The van der Waals surface area contributed by atoms with Crippen molar-refractivity contribution in [2.24, 2.45) is 0 Å². The average molecular weight is 361 g/mol. The maximum atomic E-state index is 12.4. The van der Waals surface area contributed by atoms with E-state index in [4.69, 9.17) is 0 Å². The van der Waals surface area contributed by atoms with Crippen molar-refractivity contribution in [1.82, 2.24) is 4.31 Å². The molecule has 0 N–H and O–H groups in total. The Morgan fingerprint density at radius 2 is 1.54 bits per heavy atom. The van der Waals surface area contributed by atoms with Crippen molar-refractivity contribution in [3.05, 3.63) is 60.7 Å². The second-order valence-electron chi connectivity index (χ2n) is 6.09. The highest BCUT2D eigenvalue weighted by atomic mass is 32.2. The lowest BCUT2D eigenvalue weighted by Crippen LogP contribution is -2.39. The Labute approximate surface area is 146 Å². The molecule has 1 fully saturated rings. The summed E-state index contributed by atoms with van der Waals surface area (Å²) in [6.45, 7) is 2.41. The van der Waals surface area contributed by atoms with Crippen LogP contribution in [0.1, 0.15) is 19.8 Å². The molecule has 0 amide bonds. The molecule has 1 heterocycles. The van der Waals surface area contributed by atoms with E-state index in [-0.39, 0.29) is 11.8 Å². The second kappa shape index (κ2) is 7.77. The molecule has 2 aromatic carbocycles. The highest BCUT2D eigenvalue weighted by Gasteiger charge is 2.34. The van der Waals surface area contributed by atoms with Gasteiger partial charge in [-0.1, -0.05) is 60.7 Å². The van der Waals surface area contributed by atoms with Crippen LogP contribution in [0, 0.1) is 0 Å². The zero-order valence-electron chi connectivity index (χ0n) is 14.0. The van der Waals surface area contributed by atoms with Crippen LogP contribution in [-0.2, 0) is 10.0 Å². The Morgan fingerprint density at radius 3 is 2.04 bits per heavy atom. The van der Waals surface area contributed by atoms with E-state index in [1.54, 1.807) is 11.2 Å². The lowest BCUT2D eigenvalue weighted by atomic mass is 10.3. The summed E-state index contributed by atoms with van der Waals surface area (Å²) >= 11 is 0. The van der Waals surface area contributed by atoms with Crippen molar-refractivity contribution in [3.8, 4) is 0 Å². The third-order valence-corrected chi connectivity index (χ3v) is 9.13. The predicted molar refractivity (Wildman–Crippen MR) is 103 cm³/mol. The first kappa shape index (κ1) is 17.6. The Morgan fingerprint density at radius 1 is 1.00 bits per heavy atom. The summed E-state index contributed by atoms with van der Waals surface area (Å²) < 4.78 is 26.6. The van der Waals surface area contributed by atoms with Gasteiger partial charge in [-0.15, -0.1) is 0 Å². The minimum absolute atomic E-state index is 0.126. The minimum atomic E-state index is -3.11. The van der Waals surface area contributed by atoms with Crippen LogP contribution in [0.3, 0.4) is 0 Å². The van der Waals surface area contributed by atoms with Gasteiger partial charge in [0.15, 0.2) is 0 Å². The number of hydrogen-bond donors (Lipinski definition) is 0. The molecule has 24 heavy (non-hydrogen) atoms. The Balaban J connectivity index is 1.90. The molecule has 1 aliphatic rings. The fourth-order valence-corrected chi connectivity index (χ4v) is 7.38. The van der Waals surface area contributed by atoms with E-state index in [2.05, 4.69) is 48.5 Å². The van der Waals surface area contributed by atoms with Crippen LogP contribution in [0.2, 0.25) is 0 Å². The third-order valence-electron chi connectivity index (χ3n) is 4.57. The molecule has 3 nitrogen and oxygen atoms in total. The SMILES string of the molecule is CCS(=O)(=O)N1CCC[C@H]1CP(c1ccccc1)c1ccccc1. The van der Waals surface area contributed by atoms with E-state index in [0.717, 1.165) is 19.0 Å². The van der Waals surface area contributed by atoms with Crippen LogP contribution in [0.5, 0.6) is 0 Å². The van der Waals surface area contributed by atoms with E-state index in [0.29, 0.717) is 6.54 Å². The molecule has 2 aromatic rings. The summed E-state index contributed by atoms with van der Waals surface area (Å²) in [4.78, 5) is 0.